The minimum atomic E-state index is 0.590. The number of hydrogen-bond donors (Lipinski definition) is 1. The molecule has 0 radical (unpaired) electrons. The second-order valence-electron chi connectivity index (χ2n) is 2.95. The van der Waals surface area contributed by atoms with Gasteiger partial charge in [-0.05, 0) is 37.6 Å². The predicted molar refractivity (Wildman–Crippen MR) is 51.1 cm³/mol. The molecule has 0 aliphatic heterocycles. The summed E-state index contributed by atoms with van der Waals surface area (Å²) in [4.78, 5) is 3.98. The van der Waals surface area contributed by atoms with Crippen LogP contribution < -0.4 is 5.32 Å². The van der Waals surface area contributed by atoms with Gasteiger partial charge in [-0.3, -0.25) is 4.98 Å². The Balaban J connectivity index is 2.51. The highest BCUT2D eigenvalue weighted by molar-refractivity contribution is 5.11. The molecule has 1 unspecified atom stereocenters. The van der Waals surface area contributed by atoms with Crippen LogP contribution in [0.1, 0.15) is 18.9 Å². The Morgan fingerprint density at radius 2 is 2.08 bits per heavy atom. The molecule has 0 aromatic carbocycles. The summed E-state index contributed by atoms with van der Waals surface area (Å²) in [7, 11) is 2.01. The van der Waals surface area contributed by atoms with Gasteiger partial charge in [-0.1, -0.05) is 6.92 Å². The zero-order chi connectivity index (χ0) is 8.81. The summed E-state index contributed by atoms with van der Waals surface area (Å²) in [5, 5.41) is 3.28. The maximum Gasteiger partial charge on any atom is 0.0270 e. The average Bonchev–Trinajstić information content (AvgIpc) is 2.16. The van der Waals surface area contributed by atoms with E-state index in [1.165, 1.54) is 12.0 Å². The summed E-state index contributed by atoms with van der Waals surface area (Å²) in [5.41, 5.74) is 1.35. The molecule has 0 amide bonds. The predicted octanol–water partition coefficient (Wildman–Crippen LogP) is 1.62. The van der Waals surface area contributed by atoms with Crippen LogP contribution in [0.25, 0.3) is 0 Å². The third-order valence-electron chi connectivity index (χ3n) is 2.13. The van der Waals surface area contributed by atoms with Gasteiger partial charge in [0.25, 0.3) is 0 Å². The highest BCUT2D eigenvalue weighted by atomic mass is 14.9. The summed E-state index contributed by atoms with van der Waals surface area (Å²) in [6.45, 7) is 2.20. The Hall–Kier alpha value is -0.890. The van der Waals surface area contributed by atoms with Crippen LogP contribution in [0.5, 0.6) is 0 Å². The number of pyridine rings is 1. The molecule has 0 saturated heterocycles. The number of hydrogen-bond acceptors (Lipinski definition) is 2. The lowest BCUT2D eigenvalue weighted by Crippen LogP contribution is -2.26. The standard InChI is InChI=1S/C10H16N2/c1-3-10(11-2)8-9-4-6-12-7-5-9/h4-7,10-11H,3,8H2,1-2H3. The average molecular weight is 164 g/mol. The molecule has 12 heavy (non-hydrogen) atoms. The molecule has 1 rings (SSSR count). The number of likely N-dealkylation sites (N-methyl/N-ethyl adjacent to an activating group) is 1. The van der Waals surface area contributed by atoms with Gasteiger partial charge in [0.05, 0.1) is 0 Å². The van der Waals surface area contributed by atoms with E-state index in [0.29, 0.717) is 6.04 Å². The molecule has 1 N–H and O–H groups in total. The van der Waals surface area contributed by atoms with Crippen molar-refractivity contribution in [3.8, 4) is 0 Å². The van der Waals surface area contributed by atoms with Crippen LogP contribution in [-0.2, 0) is 6.42 Å². The number of aromatic nitrogens is 1. The second kappa shape index (κ2) is 4.88. The van der Waals surface area contributed by atoms with Crippen LogP contribution >= 0.6 is 0 Å². The van der Waals surface area contributed by atoms with Gasteiger partial charge < -0.3 is 5.32 Å². The molecule has 2 heteroatoms. The smallest absolute Gasteiger partial charge is 0.0270 e. The zero-order valence-corrected chi connectivity index (χ0v) is 7.75. The summed E-state index contributed by atoms with van der Waals surface area (Å²) >= 11 is 0. The van der Waals surface area contributed by atoms with E-state index in [0.717, 1.165) is 6.42 Å². The van der Waals surface area contributed by atoms with E-state index in [-0.39, 0.29) is 0 Å². The lowest BCUT2D eigenvalue weighted by molar-refractivity contribution is 0.543. The molecule has 0 aliphatic carbocycles. The second-order valence-corrected chi connectivity index (χ2v) is 2.95. The zero-order valence-electron chi connectivity index (χ0n) is 7.75. The fraction of sp³-hybridized carbons (Fsp3) is 0.500. The van der Waals surface area contributed by atoms with Gasteiger partial charge in [-0.15, -0.1) is 0 Å². The third kappa shape index (κ3) is 2.62. The minimum absolute atomic E-state index is 0.590. The van der Waals surface area contributed by atoms with Crippen molar-refractivity contribution in [2.45, 2.75) is 25.8 Å². The summed E-state index contributed by atoms with van der Waals surface area (Å²) < 4.78 is 0. The maximum absolute atomic E-state index is 3.98. The topological polar surface area (TPSA) is 24.9 Å². The van der Waals surface area contributed by atoms with Crippen molar-refractivity contribution in [3.05, 3.63) is 30.1 Å². The number of nitrogens with one attached hydrogen (secondary N) is 1. The summed E-state index contributed by atoms with van der Waals surface area (Å²) in [6, 6.07) is 4.73. The molecule has 2 nitrogen and oxygen atoms in total. The van der Waals surface area contributed by atoms with Crippen molar-refractivity contribution in [2.75, 3.05) is 7.05 Å². The van der Waals surface area contributed by atoms with Crippen molar-refractivity contribution in [1.82, 2.24) is 10.3 Å². The van der Waals surface area contributed by atoms with Crippen molar-refractivity contribution >= 4 is 0 Å². The van der Waals surface area contributed by atoms with E-state index in [4.69, 9.17) is 0 Å². The molecule has 1 aromatic heterocycles. The first-order valence-corrected chi connectivity index (χ1v) is 4.43. The Labute approximate surface area is 74.0 Å². The molecular formula is C10H16N2. The monoisotopic (exact) mass is 164 g/mol. The third-order valence-corrected chi connectivity index (χ3v) is 2.13. The van der Waals surface area contributed by atoms with Crippen molar-refractivity contribution in [2.24, 2.45) is 0 Å². The number of nitrogens with zero attached hydrogens (tertiary/aromatic N) is 1. The number of rotatable bonds is 4. The summed E-state index contributed by atoms with van der Waals surface area (Å²) in [6.07, 6.45) is 5.95. The molecule has 0 spiro atoms. The molecular weight excluding hydrogens is 148 g/mol. The van der Waals surface area contributed by atoms with Crippen molar-refractivity contribution in [3.63, 3.8) is 0 Å². The van der Waals surface area contributed by atoms with Crippen LogP contribution in [-0.4, -0.2) is 18.1 Å². The van der Waals surface area contributed by atoms with E-state index in [9.17, 15) is 0 Å². The van der Waals surface area contributed by atoms with Crippen LogP contribution in [0.15, 0.2) is 24.5 Å². The largest absolute Gasteiger partial charge is 0.317 e. The van der Waals surface area contributed by atoms with Gasteiger partial charge in [0.1, 0.15) is 0 Å². The highest BCUT2D eigenvalue weighted by Crippen LogP contribution is 2.03. The fourth-order valence-electron chi connectivity index (χ4n) is 1.25. The maximum atomic E-state index is 3.98. The highest BCUT2D eigenvalue weighted by Gasteiger charge is 2.02. The van der Waals surface area contributed by atoms with E-state index in [1.807, 2.05) is 19.4 Å². The lowest BCUT2D eigenvalue weighted by Gasteiger charge is -2.12. The van der Waals surface area contributed by atoms with E-state index >= 15 is 0 Å². The van der Waals surface area contributed by atoms with Gasteiger partial charge in [-0.25, -0.2) is 0 Å². The Bertz CT molecular complexity index is 204. The molecule has 1 atom stereocenters. The summed E-state index contributed by atoms with van der Waals surface area (Å²) in [5.74, 6) is 0. The van der Waals surface area contributed by atoms with E-state index in [2.05, 4.69) is 29.4 Å². The molecule has 0 saturated carbocycles. The quantitative estimate of drug-likeness (QED) is 0.731. The Kier molecular flexibility index (Phi) is 3.74. The van der Waals surface area contributed by atoms with Crippen molar-refractivity contribution < 1.29 is 0 Å². The SMILES string of the molecule is CCC(Cc1ccncc1)NC. The molecule has 1 heterocycles. The van der Waals surface area contributed by atoms with E-state index in [1.54, 1.807) is 0 Å². The normalized spacial score (nSPS) is 12.8. The van der Waals surface area contributed by atoms with E-state index < -0.39 is 0 Å². The lowest BCUT2D eigenvalue weighted by atomic mass is 10.1. The van der Waals surface area contributed by atoms with Crippen LogP contribution in [0.2, 0.25) is 0 Å². The fourth-order valence-corrected chi connectivity index (χ4v) is 1.25. The van der Waals surface area contributed by atoms with Gasteiger partial charge >= 0.3 is 0 Å². The van der Waals surface area contributed by atoms with Crippen LogP contribution in [0.4, 0.5) is 0 Å². The first-order valence-electron chi connectivity index (χ1n) is 4.43. The van der Waals surface area contributed by atoms with Crippen LogP contribution in [0.3, 0.4) is 0 Å². The Morgan fingerprint density at radius 1 is 1.42 bits per heavy atom. The molecule has 1 aromatic rings. The van der Waals surface area contributed by atoms with Crippen molar-refractivity contribution in [1.29, 1.82) is 0 Å². The molecule has 0 bridgehead atoms. The van der Waals surface area contributed by atoms with Gasteiger partial charge in [-0.2, -0.15) is 0 Å². The first kappa shape index (κ1) is 9.20. The minimum Gasteiger partial charge on any atom is -0.317 e. The van der Waals surface area contributed by atoms with Crippen LogP contribution in [0, 0.1) is 0 Å². The molecule has 0 aliphatic rings. The van der Waals surface area contributed by atoms with Gasteiger partial charge in [0.15, 0.2) is 0 Å². The Morgan fingerprint density at radius 3 is 2.58 bits per heavy atom. The molecule has 66 valence electrons. The van der Waals surface area contributed by atoms with Gasteiger partial charge in [0.2, 0.25) is 0 Å². The van der Waals surface area contributed by atoms with Gasteiger partial charge in [0, 0.05) is 18.4 Å². The first-order chi connectivity index (χ1) is 5.86. The molecule has 0 fully saturated rings.